The van der Waals surface area contributed by atoms with E-state index >= 15 is 0 Å². The molecule has 1 heterocycles. The second kappa shape index (κ2) is 15.5. The van der Waals surface area contributed by atoms with Crippen molar-refractivity contribution < 1.29 is 14.3 Å². The molecule has 2 amide bonds. The lowest BCUT2D eigenvalue weighted by Gasteiger charge is -2.36. The highest BCUT2D eigenvalue weighted by molar-refractivity contribution is 5.85. The third-order valence-electron chi connectivity index (χ3n) is 7.28. The fourth-order valence-electron chi connectivity index (χ4n) is 5.12. The molecule has 3 rings (SSSR count). The van der Waals surface area contributed by atoms with Gasteiger partial charge in [-0.3, -0.25) is 9.59 Å². The maximum Gasteiger partial charge on any atom is 0.242 e. The molecule has 6 nitrogen and oxygen atoms in total. The molecule has 6 heteroatoms. The van der Waals surface area contributed by atoms with Crippen molar-refractivity contribution >= 4 is 11.8 Å². The van der Waals surface area contributed by atoms with E-state index in [1.54, 1.807) is 12.0 Å². The van der Waals surface area contributed by atoms with Crippen molar-refractivity contribution in [2.45, 2.75) is 90.3 Å². The third kappa shape index (κ3) is 8.81. The molecule has 0 radical (unpaired) electrons. The van der Waals surface area contributed by atoms with E-state index in [1.807, 2.05) is 6.07 Å². The van der Waals surface area contributed by atoms with Gasteiger partial charge >= 0.3 is 0 Å². The summed E-state index contributed by atoms with van der Waals surface area (Å²) in [5.41, 5.74) is 2.37. The molecule has 1 aromatic heterocycles. The molecule has 36 heavy (non-hydrogen) atoms. The molecular weight excluding hydrogens is 450 g/mol. The second-order valence-electron chi connectivity index (χ2n) is 10.0. The summed E-state index contributed by atoms with van der Waals surface area (Å²) in [5.74, 6) is 0.111. The summed E-state index contributed by atoms with van der Waals surface area (Å²) in [5, 5.41) is 0. The van der Waals surface area contributed by atoms with Crippen molar-refractivity contribution in [1.82, 2.24) is 14.4 Å². The van der Waals surface area contributed by atoms with E-state index < -0.39 is 0 Å². The fraction of sp³-hybridized carbons (Fsp3) is 0.600. The lowest BCUT2D eigenvalue weighted by atomic mass is 9.94. The van der Waals surface area contributed by atoms with Crippen molar-refractivity contribution in [2.75, 3.05) is 26.8 Å². The Labute approximate surface area is 217 Å². The Hall–Kier alpha value is -2.60. The van der Waals surface area contributed by atoms with Crippen molar-refractivity contribution in [3.63, 3.8) is 0 Å². The summed E-state index contributed by atoms with van der Waals surface area (Å²) in [4.78, 5) is 30.6. The molecule has 0 aliphatic heterocycles. The third-order valence-corrected chi connectivity index (χ3v) is 7.28. The Morgan fingerprint density at radius 3 is 2.47 bits per heavy atom. The zero-order chi connectivity index (χ0) is 25.6. The Morgan fingerprint density at radius 1 is 0.972 bits per heavy atom. The van der Waals surface area contributed by atoms with Gasteiger partial charge in [0.2, 0.25) is 11.8 Å². The van der Waals surface area contributed by atoms with E-state index in [-0.39, 0.29) is 24.4 Å². The summed E-state index contributed by atoms with van der Waals surface area (Å²) < 4.78 is 7.50. The van der Waals surface area contributed by atoms with Crippen LogP contribution in [0.25, 0.3) is 0 Å². The van der Waals surface area contributed by atoms with E-state index in [1.165, 1.54) is 12.0 Å². The van der Waals surface area contributed by atoms with Crippen LogP contribution in [-0.4, -0.2) is 59.0 Å². The lowest BCUT2D eigenvalue weighted by molar-refractivity contribution is -0.143. The first kappa shape index (κ1) is 28.0. The minimum Gasteiger partial charge on any atom is -0.383 e. The van der Waals surface area contributed by atoms with Crippen LogP contribution in [0.5, 0.6) is 0 Å². The highest BCUT2D eigenvalue weighted by Crippen LogP contribution is 2.25. The van der Waals surface area contributed by atoms with Gasteiger partial charge in [0.15, 0.2) is 0 Å². The van der Waals surface area contributed by atoms with Gasteiger partial charge in [-0.2, -0.15) is 0 Å². The lowest BCUT2D eigenvalue weighted by Crippen LogP contribution is -2.48. The monoisotopic (exact) mass is 495 g/mol. The number of hydrogen-bond donors (Lipinski definition) is 0. The van der Waals surface area contributed by atoms with Gasteiger partial charge in [0.05, 0.1) is 19.7 Å². The van der Waals surface area contributed by atoms with Gasteiger partial charge < -0.3 is 19.1 Å². The van der Waals surface area contributed by atoms with Gasteiger partial charge in [-0.15, -0.1) is 0 Å². The number of methoxy groups -OCH3 is 1. The molecule has 1 aliphatic rings. The summed E-state index contributed by atoms with van der Waals surface area (Å²) in [6.07, 6.45) is 12.4. The zero-order valence-electron chi connectivity index (χ0n) is 22.4. The van der Waals surface area contributed by atoms with Crippen LogP contribution in [0.3, 0.4) is 0 Å². The van der Waals surface area contributed by atoms with Crippen LogP contribution in [-0.2, 0) is 27.4 Å². The molecular formula is C30H45N3O3. The topological polar surface area (TPSA) is 54.8 Å². The van der Waals surface area contributed by atoms with E-state index in [2.05, 4.69) is 59.0 Å². The second-order valence-corrected chi connectivity index (χ2v) is 10.0. The summed E-state index contributed by atoms with van der Waals surface area (Å²) in [7, 11) is 1.64. The van der Waals surface area contributed by atoms with E-state index in [0.717, 1.165) is 63.6 Å². The summed E-state index contributed by atoms with van der Waals surface area (Å²) >= 11 is 0. The zero-order valence-corrected chi connectivity index (χ0v) is 22.4. The number of unbranched alkanes of at least 4 members (excludes halogenated alkanes) is 3. The van der Waals surface area contributed by atoms with Gasteiger partial charge in [-0.05, 0) is 37.0 Å². The first-order valence-electron chi connectivity index (χ1n) is 13.9. The maximum absolute atomic E-state index is 13.8. The molecule has 1 aliphatic carbocycles. The van der Waals surface area contributed by atoms with Crippen molar-refractivity contribution in [3.8, 4) is 0 Å². The normalized spacial score (nSPS) is 14.1. The smallest absolute Gasteiger partial charge is 0.242 e. The van der Waals surface area contributed by atoms with E-state index in [0.29, 0.717) is 26.1 Å². The molecule has 0 unspecified atom stereocenters. The first-order chi connectivity index (χ1) is 17.6. The van der Waals surface area contributed by atoms with Gasteiger partial charge in [0, 0.05) is 44.6 Å². The number of ether oxygens (including phenoxy) is 1. The quantitative estimate of drug-likeness (QED) is 0.300. The predicted octanol–water partition coefficient (Wildman–Crippen LogP) is 5.64. The number of rotatable bonds is 15. The van der Waals surface area contributed by atoms with Crippen LogP contribution in [0.1, 0.15) is 82.4 Å². The number of amides is 2. The average molecular weight is 496 g/mol. The minimum absolute atomic E-state index is 0.0485. The van der Waals surface area contributed by atoms with Crippen LogP contribution < -0.4 is 0 Å². The van der Waals surface area contributed by atoms with E-state index in [9.17, 15) is 9.59 Å². The standard InChI is InChI=1S/C30H45N3O3/c1-3-4-5-12-19-29(34)32(21-22-36-2)25-30(35)33(27-16-10-7-11-17-27)24-28-18-13-20-31(28)23-26-14-8-6-9-15-26/h6,8-9,13-15,18,20,27H,3-5,7,10-12,16-17,19,21-25H2,1-2H3. The number of benzene rings is 1. The Balaban J connectivity index is 1.72. The molecule has 0 spiro atoms. The predicted molar refractivity (Wildman–Crippen MR) is 145 cm³/mol. The molecule has 198 valence electrons. The van der Waals surface area contributed by atoms with Gasteiger partial charge in [0.25, 0.3) is 0 Å². The van der Waals surface area contributed by atoms with Crippen LogP contribution in [0.2, 0.25) is 0 Å². The SMILES string of the molecule is CCCCCCC(=O)N(CCOC)CC(=O)N(Cc1cccn1Cc1ccccc1)C1CCCCC1. The summed E-state index contributed by atoms with van der Waals surface area (Å²) in [6.45, 7) is 4.56. The number of carbonyl (C=O) groups is 2. The number of carbonyl (C=O) groups excluding carboxylic acids is 2. The first-order valence-corrected chi connectivity index (χ1v) is 13.9. The fourth-order valence-corrected chi connectivity index (χ4v) is 5.12. The largest absolute Gasteiger partial charge is 0.383 e. The molecule has 2 aromatic rings. The minimum atomic E-state index is 0.0485. The highest BCUT2D eigenvalue weighted by atomic mass is 16.5. The molecule has 0 N–H and O–H groups in total. The summed E-state index contributed by atoms with van der Waals surface area (Å²) in [6, 6.07) is 14.8. The Bertz CT molecular complexity index is 905. The Morgan fingerprint density at radius 2 is 1.75 bits per heavy atom. The van der Waals surface area contributed by atoms with Crippen LogP contribution in [0, 0.1) is 0 Å². The van der Waals surface area contributed by atoms with Crippen molar-refractivity contribution in [1.29, 1.82) is 0 Å². The van der Waals surface area contributed by atoms with Crippen LogP contribution >= 0.6 is 0 Å². The molecule has 1 saturated carbocycles. The van der Waals surface area contributed by atoms with Crippen molar-refractivity contribution in [2.24, 2.45) is 0 Å². The van der Waals surface area contributed by atoms with Crippen LogP contribution in [0.4, 0.5) is 0 Å². The van der Waals surface area contributed by atoms with Crippen molar-refractivity contribution in [3.05, 3.63) is 59.9 Å². The molecule has 1 aromatic carbocycles. The molecule has 0 bridgehead atoms. The molecule has 0 saturated heterocycles. The molecule has 1 fully saturated rings. The number of hydrogen-bond acceptors (Lipinski definition) is 3. The number of nitrogens with zero attached hydrogens (tertiary/aromatic N) is 3. The number of aromatic nitrogens is 1. The van der Waals surface area contributed by atoms with Gasteiger partial charge in [0.1, 0.15) is 0 Å². The maximum atomic E-state index is 13.8. The Kier molecular flexibility index (Phi) is 12.0. The van der Waals surface area contributed by atoms with Gasteiger partial charge in [-0.1, -0.05) is 75.8 Å². The van der Waals surface area contributed by atoms with Gasteiger partial charge in [-0.25, -0.2) is 0 Å². The average Bonchev–Trinajstić information content (AvgIpc) is 3.34. The van der Waals surface area contributed by atoms with E-state index in [4.69, 9.17) is 4.74 Å². The molecule has 0 atom stereocenters. The van der Waals surface area contributed by atoms with Crippen LogP contribution in [0.15, 0.2) is 48.7 Å². The highest BCUT2D eigenvalue weighted by Gasteiger charge is 2.28.